The smallest absolute Gasteiger partial charge is 0.338 e. The van der Waals surface area contributed by atoms with Gasteiger partial charge in [-0.05, 0) is 57.9 Å². The van der Waals surface area contributed by atoms with E-state index in [-0.39, 0.29) is 17.3 Å². The van der Waals surface area contributed by atoms with Crippen molar-refractivity contribution in [1.82, 2.24) is 5.06 Å². The van der Waals surface area contributed by atoms with E-state index in [1.54, 1.807) is 24.3 Å². The summed E-state index contributed by atoms with van der Waals surface area (Å²) in [4.78, 5) is 29.7. The largest absolute Gasteiger partial charge is 0.456 e. The lowest BCUT2D eigenvalue weighted by Crippen LogP contribution is -2.62. The monoisotopic (exact) mass is 319 g/mol. The molecule has 0 aliphatic carbocycles. The molecule has 0 aromatic heterocycles. The van der Waals surface area contributed by atoms with Crippen molar-refractivity contribution in [1.29, 1.82) is 0 Å². The van der Waals surface area contributed by atoms with Crippen molar-refractivity contribution in [3.8, 4) is 5.75 Å². The zero-order valence-corrected chi connectivity index (χ0v) is 14.5. The van der Waals surface area contributed by atoms with Gasteiger partial charge in [0.2, 0.25) is 0 Å². The lowest BCUT2D eigenvalue weighted by Gasteiger charge is -2.46. The molecule has 0 saturated carbocycles. The number of β-lactam (4-membered cyclic amide) rings is 1. The number of hydrogen-bond acceptors (Lipinski definition) is 4. The van der Waals surface area contributed by atoms with Crippen LogP contribution in [0.3, 0.4) is 0 Å². The van der Waals surface area contributed by atoms with Crippen LogP contribution in [0.25, 0.3) is 0 Å². The summed E-state index contributed by atoms with van der Waals surface area (Å²) in [5.41, 5.74) is -0.338. The number of rotatable bonds is 5. The van der Waals surface area contributed by atoms with Crippen LogP contribution in [0.15, 0.2) is 24.3 Å². The van der Waals surface area contributed by atoms with E-state index in [9.17, 15) is 9.59 Å². The van der Waals surface area contributed by atoms with Crippen molar-refractivity contribution in [2.75, 3.05) is 6.54 Å². The Balaban J connectivity index is 1.97. The molecule has 23 heavy (non-hydrogen) atoms. The van der Waals surface area contributed by atoms with E-state index in [0.29, 0.717) is 17.9 Å². The number of benzene rings is 1. The highest BCUT2D eigenvalue weighted by Crippen LogP contribution is 2.38. The molecule has 5 nitrogen and oxygen atoms in total. The first-order valence-electron chi connectivity index (χ1n) is 8.04. The maximum atomic E-state index is 12.2. The predicted octanol–water partition coefficient (Wildman–Crippen LogP) is 3.58. The van der Waals surface area contributed by atoms with Gasteiger partial charge in [0.25, 0.3) is 5.91 Å². The molecule has 0 bridgehead atoms. The van der Waals surface area contributed by atoms with Crippen LogP contribution < -0.4 is 4.84 Å². The molecule has 0 N–H and O–H groups in total. The normalized spacial score (nSPS) is 16.7. The molecule has 1 fully saturated rings. The minimum atomic E-state index is -0.528. The fraction of sp³-hybridized carbons (Fsp3) is 0.556. The first-order valence-corrected chi connectivity index (χ1v) is 8.04. The first-order chi connectivity index (χ1) is 10.7. The molecule has 1 aromatic rings. The van der Waals surface area contributed by atoms with Gasteiger partial charge in [-0.3, -0.25) is 4.79 Å². The van der Waals surface area contributed by atoms with Gasteiger partial charge in [0.1, 0.15) is 5.60 Å². The van der Waals surface area contributed by atoms with Gasteiger partial charge in [0.15, 0.2) is 5.75 Å². The van der Waals surface area contributed by atoms with Crippen LogP contribution in [0, 0.1) is 5.41 Å². The zero-order chi connectivity index (χ0) is 17.3. The van der Waals surface area contributed by atoms with Crippen molar-refractivity contribution in [3.05, 3.63) is 29.8 Å². The molecular weight excluding hydrogens is 294 g/mol. The predicted molar refractivity (Wildman–Crippen MR) is 87.0 cm³/mol. The highest BCUT2D eigenvalue weighted by atomic mass is 16.7. The summed E-state index contributed by atoms with van der Waals surface area (Å²) in [6.45, 7) is 10.1. The maximum Gasteiger partial charge on any atom is 0.338 e. The number of esters is 1. The number of amides is 1. The summed E-state index contributed by atoms with van der Waals surface area (Å²) in [6, 6.07) is 6.62. The Bertz CT molecular complexity index is 582. The number of hydrogen-bond donors (Lipinski definition) is 0. The average Bonchev–Trinajstić information content (AvgIpc) is 2.49. The zero-order valence-electron chi connectivity index (χ0n) is 14.5. The van der Waals surface area contributed by atoms with Crippen LogP contribution in [-0.4, -0.2) is 29.1 Å². The molecule has 1 amide bonds. The molecule has 0 atom stereocenters. The molecule has 1 saturated heterocycles. The summed E-state index contributed by atoms with van der Waals surface area (Å²) in [5.74, 6) is 0.185. The molecule has 5 heteroatoms. The van der Waals surface area contributed by atoms with Gasteiger partial charge in [-0.2, -0.15) is 5.06 Å². The van der Waals surface area contributed by atoms with Crippen molar-refractivity contribution >= 4 is 11.9 Å². The van der Waals surface area contributed by atoms with Crippen LogP contribution in [0.4, 0.5) is 0 Å². The van der Waals surface area contributed by atoms with Crippen molar-refractivity contribution in [2.24, 2.45) is 5.41 Å². The second-order valence-corrected chi connectivity index (χ2v) is 6.95. The lowest BCUT2D eigenvalue weighted by atomic mass is 9.75. The van der Waals surface area contributed by atoms with Crippen LogP contribution in [-0.2, 0) is 9.53 Å². The number of hydroxylamine groups is 2. The Morgan fingerprint density at radius 1 is 1.17 bits per heavy atom. The van der Waals surface area contributed by atoms with E-state index in [4.69, 9.17) is 9.57 Å². The van der Waals surface area contributed by atoms with Crippen LogP contribution in [0.2, 0.25) is 0 Å². The molecule has 1 heterocycles. The Hall–Kier alpha value is -2.04. The van der Waals surface area contributed by atoms with Gasteiger partial charge in [0, 0.05) is 0 Å². The first kappa shape index (κ1) is 17.3. The summed E-state index contributed by atoms with van der Waals surface area (Å²) < 4.78 is 5.31. The lowest BCUT2D eigenvalue weighted by molar-refractivity contribution is -0.205. The molecular formula is C18H25NO4. The molecule has 126 valence electrons. The topological polar surface area (TPSA) is 55.8 Å². The number of nitrogens with zero attached hydrogens (tertiary/aromatic N) is 1. The molecule has 1 aliphatic heterocycles. The van der Waals surface area contributed by atoms with E-state index in [1.165, 1.54) is 5.06 Å². The van der Waals surface area contributed by atoms with Crippen molar-refractivity contribution < 1.29 is 19.2 Å². The van der Waals surface area contributed by atoms with Gasteiger partial charge in [-0.15, -0.1) is 0 Å². The number of carbonyl (C=O) groups is 2. The summed E-state index contributed by atoms with van der Waals surface area (Å²) in [5, 5.41) is 1.38. The molecule has 0 radical (unpaired) electrons. The molecule has 1 aromatic carbocycles. The standard InChI is InChI=1S/C18H25NO4/c1-6-18(7-2)12-19(16(18)21)23-14-10-8-13(9-11-14)15(20)22-17(3,4)5/h8-11H,6-7,12H2,1-5H3. The van der Waals surface area contributed by atoms with Crippen LogP contribution in [0.5, 0.6) is 5.75 Å². The minimum Gasteiger partial charge on any atom is -0.456 e. The second kappa shape index (κ2) is 6.22. The SMILES string of the molecule is CCC1(CC)CN(Oc2ccc(C(=O)OC(C)(C)C)cc2)C1=O. The quantitative estimate of drug-likeness (QED) is 0.615. The second-order valence-electron chi connectivity index (χ2n) is 6.95. The van der Waals surface area contributed by atoms with E-state index in [1.807, 2.05) is 34.6 Å². The Labute approximate surface area is 137 Å². The van der Waals surface area contributed by atoms with Gasteiger partial charge in [-0.1, -0.05) is 13.8 Å². The van der Waals surface area contributed by atoms with E-state index in [2.05, 4.69) is 0 Å². The minimum absolute atomic E-state index is 0.0266. The fourth-order valence-corrected chi connectivity index (χ4v) is 2.55. The molecule has 2 rings (SSSR count). The van der Waals surface area contributed by atoms with E-state index in [0.717, 1.165) is 12.8 Å². The van der Waals surface area contributed by atoms with Gasteiger partial charge in [-0.25, -0.2) is 4.79 Å². The molecule has 1 aliphatic rings. The van der Waals surface area contributed by atoms with Crippen LogP contribution in [0.1, 0.15) is 57.8 Å². The van der Waals surface area contributed by atoms with E-state index >= 15 is 0 Å². The van der Waals surface area contributed by atoms with Crippen LogP contribution >= 0.6 is 0 Å². The third-order valence-electron chi connectivity index (χ3n) is 4.18. The Morgan fingerprint density at radius 3 is 2.17 bits per heavy atom. The highest BCUT2D eigenvalue weighted by Gasteiger charge is 2.51. The fourth-order valence-electron chi connectivity index (χ4n) is 2.55. The highest BCUT2D eigenvalue weighted by molar-refractivity contribution is 5.90. The summed E-state index contributed by atoms with van der Waals surface area (Å²) >= 11 is 0. The summed E-state index contributed by atoms with van der Waals surface area (Å²) in [7, 11) is 0. The third kappa shape index (κ3) is 3.66. The third-order valence-corrected chi connectivity index (χ3v) is 4.18. The average molecular weight is 319 g/mol. The van der Waals surface area contributed by atoms with Gasteiger partial charge < -0.3 is 9.57 Å². The maximum absolute atomic E-state index is 12.2. The molecule has 0 unspecified atom stereocenters. The Kier molecular flexibility index (Phi) is 4.68. The molecule has 0 spiro atoms. The van der Waals surface area contributed by atoms with Crippen molar-refractivity contribution in [3.63, 3.8) is 0 Å². The summed E-state index contributed by atoms with van der Waals surface area (Å²) in [6.07, 6.45) is 1.64. The van der Waals surface area contributed by atoms with Crippen molar-refractivity contribution in [2.45, 2.75) is 53.1 Å². The Morgan fingerprint density at radius 2 is 1.74 bits per heavy atom. The number of ether oxygens (including phenoxy) is 1. The van der Waals surface area contributed by atoms with Gasteiger partial charge >= 0.3 is 5.97 Å². The number of carbonyl (C=O) groups excluding carboxylic acids is 2. The van der Waals surface area contributed by atoms with Gasteiger partial charge in [0.05, 0.1) is 17.5 Å². The van der Waals surface area contributed by atoms with E-state index < -0.39 is 5.60 Å².